The summed E-state index contributed by atoms with van der Waals surface area (Å²) in [6.07, 6.45) is 4.18. The zero-order chi connectivity index (χ0) is 16.4. The number of carbonyl (C=O) groups excluding carboxylic acids is 1. The molecule has 0 spiro atoms. The van der Waals surface area contributed by atoms with Crippen molar-refractivity contribution in [2.75, 3.05) is 5.32 Å². The predicted molar refractivity (Wildman–Crippen MR) is 93.3 cm³/mol. The number of aromatic nitrogens is 1. The molecule has 4 nitrogen and oxygen atoms in total. The maximum Gasteiger partial charge on any atom is 0.227 e. The third-order valence-electron chi connectivity index (χ3n) is 4.30. The van der Waals surface area contributed by atoms with E-state index in [1.54, 1.807) is 12.3 Å². The lowest BCUT2D eigenvalue weighted by Gasteiger charge is -2.19. The molecule has 1 aliphatic rings. The van der Waals surface area contributed by atoms with Gasteiger partial charge in [-0.1, -0.05) is 43.1 Å². The molecule has 1 aliphatic heterocycles. The summed E-state index contributed by atoms with van der Waals surface area (Å²) in [7, 11) is 0. The Kier molecular flexibility index (Phi) is 4.64. The van der Waals surface area contributed by atoms with Crippen LogP contribution in [0.15, 0.2) is 36.5 Å². The Morgan fingerprint density at radius 1 is 1.30 bits per heavy atom. The van der Waals surface area contributed by atoms with Gasteiger partial charge in [-0.15, -0.1) is 0 Å². The fourth-order valence-electron chi connectivity index (χ4n) is 2.88. The Morgan fingerprint density at radius 2 is 2.13 bits per heavy atom. The van der Waals surface area contributed by atoms with Gasteiger partial charge in [0, 0.05) is 23.7 Å². The summed E-state index contributed by atoms with van der Waals surface area (Å²) in [5, 5.41) is 3.47. The van der Waals surface area contributed by atoms with Crippen molar-refractivity contribution in [2.45, 2.75) is 32.2 Å². The van der Waals surface area contributed by atoms with E-state index in [9.17, 15) is 4.79 Å². The number of carbonyl (C=O) groups is 1. The van der Waals surface area contributed by atoms with Crippen molar-refractivity contribution in [1.82, 2.24) is 4.98 Å². The molecule has 2 atom stereocenters. The first kappa shape index (κ1) is 16.0. The summed E-state index contributed by atoms with van der Waals surface area (Å²) in [6.45, 7) is 1.93. The van der Waals surface area contributed by atoms with Crippen LogP contribution < -0.4 is 11.1 Å². The summed E-state index contributed by atoms with van der Waals surface area (Å²) in [6, 6.07) is 9.74. The lowest BCUT2D eigenvalue weighted by molar-refractivity contribution is -0.119. The van der Waals surface area contributed by atoms with Crippen LogP contribution in [0.4, 0.5) is 5.69 Å². The van der Waals surface area contributed by atoms with Crippen LogP contribution in [0.1, 0.15) is 37.8 Å². The first-order chi connectivity index (χ1) is 11.0. The van der Waals surface area contributed by atoms with Crippen LogP contribution >= 0.6 is 11.6 Å². The maximum atomic E-state index is 12.4. The van der Waals surface area contributed by atoms with E-state index in [4.69, 9.17) is 17.3 Å². The Labute approximate surface area is 141 Å². The zero-order valence-corrected chi connectivity index (χ0v) is 13.8. The van der Waals surface area contributed by atoms with Gasteiger partial charge in [0.2, 0.25) is 5.91 Å². The highest BCUT2D eigenvalue weighted by Gasteiger charge is 2.19. The summed E-state index contributed by atoms with van der Waals surface area (Å²) in [5.74, 6) is -0.0904. The zero-order valence-electron chi connectivity index (χ0n) is 13.1. The van der Waals surface area contributed by atoms with E-state index in [0.717, 1.165) is 30.4 Å². The molecule has 1 aromatic heterocycles. The molecule has 3 rings (SSSR count). The van der Waals surface area contributed by atoms with E-state index >= 15 is 0 Å². The van der Waals surface area contributed by atoms with Crippen molar-refractivity contribution in [2.24, 2.45) is 11.7 Å². The molecule has 2 heterocycles. The van der Waals surface area contributed by atoms with Gasteiger partial charge in [-0.25, -0.2) is 0 Å². The standard InChI is InChI=1S/C18H20ClN3O/c1-11-4-2-7-15(20)12-5-3-6-13(8-12)17-16(22-18(11)23)9-14(19)10-21-17/h3,5-6,8-11,15H,2,4,7,20H2,1H3,(H,22,23). The molecule has 0 saturated carbocycles. The van der Waals surface area contributed by atoms with Crippen LogP contribution in [0.5, 0.6) is 0 Å². The second-order valence-electron chi connectivity index (χ2n) is 6.10. The number of nitrogens with one attached hydrogen (secondary N) is 1. The average molecular weight is 330 g/mol. The number of rotatable bonds is 0. The molecule has 23 heavy (non-hydrogen) atoms. The Balaban J connectivity index is 2.12. The normalized spacial score (nSPS) is 21.6. The van der Waals surface area contributed by atoms with Gasteiger partial charge in [-0.05, 0) is 30.5 Å². The number of hydrogen-bond acceptors (Lipinski definition) is 3. The summed E-state index contributed by atoms with van der Waals surface area (Å²) >= 11 is 6.06. The van der Waals surface area contributed by atoms with Crippen molar-refractivity contribution in [3.8, 4) is 11.3 Å². The van der Waals surface area contributed by atoms with Crippen molar-refractivity contribution in [1.29, 1.82) is 0 Å². The minimum absolute atomic E-state index is 0.0133. The highest BCUT2D eigenvalue weighted by atomic mass is 35.5. The lowest BCUT2D eigenvalue weighted by atomic mass is 9.94. The second-order valence-corrected chi connectivity index (χ2v) is 6.54. The third-order valence-corrected chi connectivity index (χ3v) is 4.51. The predicted octanol–water partition coefficient (Wildman–Crippen LogP) is 4.16. The van der Waals surface area contributed by atoms with E-state index in [-0.39, 0.29) is 17.9 Å². The molecular formula is C18H20ClN3O. The van der Waals surface area contributed by atoms with Gasteiger partial charge in [-0.3, -0.25) is 9.78 Å². The number of hydrogen-bond donors (Lipinski definition) is 2. The molecule has 1 aromatic carbocycles. The average Bonchev–Trinajstić information content (AvgIpc) is 2.54. The van der Waals surface area contributed by atoms with E-state index in [1.807, 2.05) is 31.2 Å². The van der Waals surface area contributed by atoms with Crippen LogP contribution in [0.2, 0.25) is 5.02 Å². The van der Waals surface area contributed by atoms with Gasteiger partial charge in [0.1, 0.15) is 0 Å². The molecule has 2 unspecified atom stereocenters. The fourth-order valence-corrected chi connectivity index (χ4v) is 3.04. The van der Waals surface area contributed by atoms with Gasteiger partial charge in [0.05, 0.1) is 16.4 Å². The molecule has 2 aromatic rings. The number of benzene rings is 1. The monoisotopic (exact) mass is 329 g/mol. The van der Waals surface area contributed by atoms with Gasteiger partial charge < -0.3 is 11.1 Å². The summed E-state index contributed by atoms with van der Waals surface area (Å²) in [5.41, 5.74) is 9.67. The first-order valence-corrected chi connectivity index (χ1v) is 8.24. The van der Waals surface area contributed by atoms with Crippen molar-refractivity contribution < 1.29 is 4.79 Å². The number of amides is 1. The SMILES string of the molecule is CC1CCCC(N)c2cccc(c2)-c2ncc(Cl)cc2NC1=O. The molecular weight excluding hydrogens is 310 g/mol. The molecule has 5 heteroatoms. The quantitative estimate of drug-likeness (QED) is 0.762. The van der Waals surface area contributed by atoms with Gasteiger partial charge in [-0.2, -0.15) is 0 Å². The smallest absolute Gasteiger partial charge is 0.227 e. The third kappa shape index (κ3) is 3.54. The van der Waals surface area contributed by atoms with Crippen LogP contribution in [-0.4, -0.2) is 10.9 Å². The fraction of sp³-hybridized carbons (Fsp3) is 0.333. The largest absolute Gasteiger partial charge is 0.324 e. The van der Waals surface area contributed by atoms with E-state index in [2.05, 4.69) is 10.3 Å². The van der Waals surface area contributed by atoms with E-state index in [1.165, 1.54) is 0 Å². The topological polar surface area (TPSA) is 68.0 Å². The minimum atomic E-state index is -0.0770. The van der Waals surface area contributed by atoms with Gasteiger partial charge in [0.25, 0.3) is 0 Å². The number of halogens is 1. The van der Waals surface area contributed by atoms with E-state index in [0.29, 0.717) is 16.4 Å². The van der Waals surface area contributed by atoms with Crippen molar-refractivity contribution in [3.05, 3.63) is 47.1 Å². The van der Waals surface area contributed by atoms with Crippen LogP contribution in [0.3, 0.4) is 0 Å². The van der Waals surface area contributed by atoms with Crippen LogP contribution in [0.25, 0.3) is 11.3 Å². The van der Waals surface area contributed by atoms with Crippen LogP contribution in [0, 0.1) is 5.92 Å². The second kappa shape index (κ2) is 6.69. The lowest BCUT2D eigenvalue weighted by Crippen LogP contribution is -2.22. The molecule has 0 radical (unpaired) electrons. The summed E-state index contributed by atoms with van der Waals surface area (Å²) < 4.78 is 0. The molecule has 1 amide bonds. The maximum absolute atomic E-state index is 12.4. The summed E-state index contributed by atoms with van der Waals surface area (Å²) in [4.78, 5) is 16.8. The number of fused-ring (bicyclic) bond motifs is 4. The van der Waals surface area contributed by atoms with E-state index < -0.39 is 0 Å². The molecule has 0 saturated heterocycles. The molecule has 120 valence electrons. The minimum Gasteiger partial charge on any atom is -0.324 e. The first-order valence-electron chi connectivity index (χ1n) is 7.87. The van der Waals surface area contributed by atoms with Crippen LogP contribution in [-0.2, 0) is 4.79 Å². The highest BCUT2D eigenvalue weighted by molar-refractivity contribution is 6.31. The van der Waals surface area contributed by atoms with Gasteiger partial charge in [0.15, 0.2) is 0 Å². The van der Waals surface area contributed by atoms with Crippen molar-refractivity contribution in [3.63, 3.8) is 0 Å². The highest BCUT2D eigenvalue weighted by Crippen LogP contribution is 2.31. The number of nitrogens with two attached hydrogens (primary N) is 1. The molecule has 0 fully saturated rings. The number of anilines is 1. The number of pyridine rings is 1. The van der Waals surface area contributed by atoms with Crippen molar-refractivity contribution >= 4 is 23.2 Å². The Hall–Kier alpha value is -1.91. The molecule has 2 bridgehead atoms. The number of nitrogens with zero attached hydrogens (tertiary/aromatic N) is 1. The van der Waals surface area contributed by atoms with Gasteiger partial charge >= 0.3 is 0 Å². The molecule has 0 aliphatic carbocycles. The Morgan fingerprint density at radius 3 is 2.96 bits per heavy atom. The Bertz CT molecular complexity index is 732. The molecule has 3 N–H and O–H groups in total.